The van der Waals surface area contributed by atoms with Crippen LogP contribution in [-0.2, 0) is 16.9 Å². The summed E-state index contributed by atoms with van der Waals surface area (Å²) in [6, 6.07) is 7.81. The maximum absolute atomic E-state index is 13.1. The molecular formula is C21H18N4O6. The number of amides is 4. The number of urea groups is 1. The highest BCUT2D eigenvalue weighted by molar-refractivity contribution is 6.08. The second kappa shape index (κ2) is 6.73. The van der Waals surface area contributed by atoms with Gasteiger partial charge in [-0.25, -0.2) is 9.78 Å². The molecule has 31 heavy (non-hydrogen) atoms. The smallest absolute Gasteiger partial charge is 0.322 e. The highest BCUT2D eigenvalue weighted by Gasteiger charge is 2.53. The van der Waals surface area contributed by atoms with Gasteiger partial charge < -0.3 is 24.1 Å². The molecule has 0 saturated carbocycles. The number of hydrogen-bond donors (Lipinski definition) is 2. The highest BCUT2D eigenvalue weighted by Crippen LogP contribution is 2.36. The van der Waals surface area contributed by atoms with Crippen LogP contribution in [0.2, 0.25) is 0 Å². The summed E-state index contributed by atoms with van der Waals surface area (Å²) in [6.07, 6.45) is 1.52. The fraction of sp³-hybridized carbons (Fsp3) is 0.238. The quantitative estimate of drug-likeness (QED) is 0.598. The molecule has 3 aromatic rings. The zero-order chi connectivity index (χ0) is 21.8. The number of nitrogens with one attached hydrogen (secondary N) is 2. The van der Waals surface area contributed by atoms with Crippen LogP contribution in [0.3, 0.4) is 0 Å². The second-order valence-electron chi connectivity index (χ2n) is 7.34. The van der Waals surface area contributed by atoms with E-state index in [1.807, 2.05) is 6.07 Å². The third-order valence-corrected chi connectivity index (χ3v) is 5.59. The number of benzene rings is 1. The Morgan fingerprint density at radius 1 is 1.16 bits per heavy atom. The van der Waals surface area contributed by atoms with E-state index in [4.69, 9.17) is 13.9 Å². The van der Waals surface area contributed by atoms with Gasteiger partial charge in [-0.1, -0.05) is 6.07 Å². The van der Waals surface area contributed by atoms with Crippen molar-refractivity contribution in [1.82, 2.24) is 20.5 Å². The van der Waals surface area contributed by atoms with Crippen molar-refractivity contribution in [2.75, 3.05) is 20.8 Å². The fourth-order valence-electron chi connectivity index (χ4n) is 4.05. The van der Waals surface area contributed by atoms with Crippen LogP contribution in [0.15, 0.2) is 40.9 Å². The number of fused-ring (bicyclic) bond motifs is 2. The molecule has 1 aromatic carbocycles. The largest absolute Gasteiger partial charge is 0.497 e. The molecule has 2 aliphatic rings. The number of methoxy groups -OCH3 is 2. The molecule has 158 valence electrons. The zero-order valence-corrected chi connectivity index (χ0v) is 16.7. The van der Waals surface area contributed by atoms with E-state index in [9.17, 15) is 14.4 Å². The van der Waals surface area contributed by atoms with Crippen LogP contribution in [0.5, 0.6) is 11.6 Å². The Morgan fingerprint density at radius 3 is 2.71 bits per heavy atom. The SMILES string of the molecule is COc1ccc2c(c1)C(=O)N(CC1(c3cc4c(OC)nccc4o3)NC(=O)NC1=O)C2. The Bertz CT molecular complexity index is 1250. The Hall–Kier alpha value is -4.08. The van der Waals surface area contributed by atoms with E-state index in [1.54, 1.807) is 24.3 Å². The third kappa shape index (κ3) is 2.79. The second-order valence-corrected chi connectivity index (χ2v) is 7.34. The van der Waals surface area contributed by atoms with Crippen LogP contribution in [0.25, 0.3) is 11.0 Å². The molecule has 1 saturated heterocycles. The van der Waals surface area contributed by atoms with E-state index in [0.717, 1.165) is 5.56 Å². The summed E-state index contributed by atoms with van der Waals surface area (Å²) in [5.74, 6) is 0.192. The van der Waals surface area contributed by atoms with Crippen molar-refractivity contribution < 1.29 is 28.3 Å². The number of nitrogens with zero attached hydrogens (tertiary/aromatic N) is 2. The summed E-state index contributed by atoms with van der Waals surface area (Å²) < 4.78 is 16.4. The van der Waals surface area contributed by atoms with Gasteiger partial charge in [-0.05, 0) is 23.8 Å². The van der Waals surface area contributed by atoms with Crippen molar-refractivity contribution in [3.63, 3.8) is 0 Å². The summed E-state index contributed by atoms with van der Waals surface area (Å²) in [6.45, 7) is 0.171. The van der Waals surface area contributed by atoms with Gasteiger partial charge in [-0.2, -0.15) is 0 Å². The first-order chi connectivity index (χ1) is 14.9. The predicted molar refractivity (Wildman–Crippen MR) is 107 cm³/mol. The third-order valence-electron chi connectivity index (χ3n) is 5.59. The maximum Gasteiger partial charge on any atom is 0.322 e. The normalized spacial score (nSPS) is 20.1. The number of aromatic nitrogens is 1. The number of carbonyl (C=O) groups is 3. The molecule has 2 aliphatic heterocycles. The van der Waals surface area contributed by atoms with E-state index in [0.29, 0.717) is 28.2 Å². The first-order valence-corrected chi connectivity index (χ1v) is 9.48. The Balaban J connectivity index is 1.56. The topological polar surface area (TPSA) is 123 Å². The number of rotatable bonds is 5. The van der Waals surface area contributed by atoms with Crippen molar-refractivity contribution in [2.45, 2.75) is 12.1 Å². The number of furan rings is 1. The van der Waals surface area contributed by atoms with Crippen molar-refractivity contribution in [2.24, 2.45) is 0 Å². The summed E-state index contributed by atoms with van der Waals surface area (Å²) in [5, 5.41) is 5.46. The minimum atomic E-state index is -1.59. The average molecular weight is 422 g/mol. The molecule has 10 heteroatoms. The van der Waals surface area contributed by atoms with Gasteiger partial charge in [0.05, 0.1) is 26.2 Å². The van der Waals surface area contributed by atoms with Crippen LogP contribution in [0, 0.1) is 0 Å². The standard InChI is InChI=1S/C21H18N4O6/c1-29-12-4-3-11-9-25(18(26)13(11)7-12)10-21(19(27)23-20(28)24-21)16-8-14-15(31-16)5-6-22-17(14)30-2/h3-8H,9-10H2,1-2H3,(H2,23,24,27,28). The summed E-state index contributed by atoms with van der Waals surface area (Å²) in [5.41, 5.74) is 0.148. The van der Waals surface area contributed by atoms with Gasteiger partial charge in [0.2, 0.25) is 5.88 Å². The molecule has 2 N–H and O–H groups in total. The molecule has 2 aromatic heterocycles. The zero-order valence-electron chi connectivity index (χ0n) is 16.7. The van der Waals surface area contributed by atoms with Gasteiger partial charge in [0.25, 0.3) is 11.8 Å². The minimum absolute atomic E-state index is 0.115. The Morgan fingerprint density at radius 2 is 2.00 bits per heavy atom. The summed E-state index contributed by atoms with van der Waals surface area (Å²) in [7, 11) is 3.00. The lowest BCUT2D eigenvalue weighted by atomic mass is 9.95. The molecule has 1 fully saturated rings. The minimum Gasteiger partial charge on any atom is -0.497 e. The van der Waals surface area contributed by atoms with Gasteiger partial charge in [0.15, 0.2) is 5.54 Å². The van der Waals surface area contributed by atoms with E-state index in [1.165, 1.54) is 25.3 Å². The molecule has 5 rings (SSSR count). The molecule has 1 atom stereocenters. The number of carbonyl (C=O) groups excluding carboxylic acids is 3. The van der Waals surface area contributed by atoms with E-state index in [-0.39, 0.29) is 24.8 Å². The summed E-state index contributed by atoms with van der Waals surface area (Å²) >= 11 is 0. The van der Waals surface area contributed by atoms with Gasteiger partial charge in [0, 0.05) is 24.4 Å². The van der Waals surface area contributed by atoms with E-state index in [2.05, 4.69) is 15.6 Å². The van der Waals surface area contributed by atoms with Crippen LogP contribution in [-0.4, -0.2) is 48.5 Å². The van der Waals surface area contributed by atoms with Crippen LogP contribution in [0.1, 0.15) is 21.7 Å². The monoisotopic (exact) mass is 422 g/mol. The average Bonchev–Trinajstić information content (AvgIpc) is 3.42. The molecule has 0 radical (unpaired) electrons. The first kappa shape index (κ1) is 18.9. The molecule has 0 bridgehead atoms. The number of pyridine rings is 1. The lowest BCUT2D eigenvalue weighted by molar-refractivity contribution is -0.125. The Labute approximate surface area is 176 Å². The predicted octanol–water partition coefficient (Wildman–Crippen LogP) is 1.54. The number of imide groups is 1. The Kier molecular flexibility index (Phi) is 4.10. The molecule has 0 spiro atoms. The molecule has 10 nitrogen and oxygen atoms in total. The van der Waals surface area contributed by atoms with Gasteiger partial charge in [-0.15, -0.1) is 0 Å². The maximum atomic E-state index is 13.1. The van der Waals surface area contributed by atoms with Gasteiger partial charge >= 0.3 is 6.03 Å². The molecule has 0 aliphatic carbocycles. The van der Waals surface area contributed by atoms with Crippen molar-refractivity contribution in [1.29, 1.82) is 0 Å². The van der Waals surface area contributed by atoms with Crippen LogP contribution in [0.4, 0.5) is 4.79 Å². The van der Waals surface area contributed by atoms with Crippen LogP contribution < -0.4 is 20.1 Å². The number of ether oxygens (including phenoxy) is 2. The van der Waals surface area contributed by atoms with Crippen LogP contribution >= 0.6 is 0 Å². The molecule has 1 unspecified atom stereocenters. The van der Waals surface area contributed by atoms with E-state index < -0.39 is 17.5 Å². The van der Waals surface area contributed by atoms with Crippen molar-refractivity contribution >= 4 is 28.8 Å². The molecule has 4 heterocycles. The number of hydrogen-bond acceptors (Lipinski definition) is 7. The van der Waals surface area contributed by atoms with Gasteiger partial charge in [0.1, 0.15) is 17.1 Å². The first-order valence-electron chi connectivity index (χ1n) is 9.48. The lowest BCUT2D eigenvalue weighted by Gasteiger charge is -2.29. The van der Waals surface area contributed by atoms with Crippen molar-refractivity contribution in [3.8, 4) is 11.6 Å². The van der Waals surface area contributed by atoms with Crippen molar-refractivity contribution in [3.05, 3.63) is 53.4 Å². The van der Waals surface area contributed by atoms with E-state index >= 15 is 0 Å². The molecular weight excluding hydrogens is 404 g/mol. The molecule has 4 amide bonds. The summed E-state index contributed by atoms with van der Waals surface area (Å²) in [4.78, 5) is 43.7. The lowest BCUT2D eigenvalue weighted by Crippen LogP contribution is -2.52. The highest BCUT2D eigenvalue weighted by atomic mass is 16.5. The fourth-order valence-corrected chi connectivity index (χ4v) is 4.05. The van der Waals surface area contributed by atoms with Gasteiger partial charge in [-0.3, -0.25) is 14.9 Å².